The molecule has 2 heterocycles. The fourth-order valence-corrected chi connectivity index (χ4v) is 2.94. The largest absolute Gasteiger partial charge is 0.506 e. The topological polar surface area (TPSA) is 100 Å². The van der Waals surface area contributed by atoms with E-state index in [2.05, 4.69) is 15.4 Å². The summed E-state index contributed by atoms with van der Waals surface area (Å²) < 4.78 is 28.1. The van der Waals surface area contributed by atoms with E-state index in [0.717, 1.165) is 12.1 Å². The summed E-state index contributed by atoms with van der Waals surface area (Å²) in [5.41, 5.74) is -1.17. The van der Waals surface area contributed by atoms with E-state index in [4.69, 9.17) is 11.6 Å². The number of fused-ring (bicyclic) bond motifs is 1. The van der Waals surface area contributed by atoms with Crippen molar-refractivity contribution >= 4 is 34.2 Å². The highest BCUT2D eigenvalue weighted by atomic mass is 35.5. The van der Waals surface area contributed by atoms with Gasteiger partial charge in [0, 0.05) is 11.1 Å². The lowest BCUT2D eigenvalue weighted by Crippen LogP contribution is -2.24. The van der Waals surface area contributed by atoms with E-state index in [1.807, 2.05) is 0 Å². The molecular formula is C19H11ClF2N4O3. The van der Waals surface area contributed by atoms with Gasteiger partial charge in [-0.05, 0) is 36.4 Å². The van der Waals surface area contributed by atoms with Crippen LogP contribution in [0.4, 0.5) is 14.5 Å². The smallest absolute Gasteiger partial charge is 0.266 e. The SMILES string of the molecule is O=C(Nc1ccc(F)cc1F)c1c(O)c2cnn(-c3ccc(Cl)cc3)c2[nH]c1=O. The van der Waals surface area contributed by atoms with Gasteiger partial charge in [0.1, 0.15) is 28.6 Å². The third kappa shape index (κ3) is 3.32. The summed E-state index contributed by atoms with van der Waals surface area (Å²) in [5.74, 6) is -3.53. The predicted molar refractivity (Wildman–Crippen MR) is 103 cm³/mol. The normalized spacial score (nSPS) is 11.0. The van der Waals surface area contributed by atoms with Gasteiger partial charge in [-0.2, -0.15) is 5.10 Å². The van der Waals surface area contributed by atoms with Gasteiger partial charge in [0.25, 0.3) is 11.5 Å². The molecule has 0 aliphatic rings. The number of nitrogens with one attached hydrogen (secondary N) is 2. The minimum atomic E-state index is -1.06. The number of aromatic amines is 1. The molecule has 2 aromatic carbocycles. The molecule has 1 amide bonds. The zero-order chi connectivity index (χ0) is 20.7. The van der Waals surface area contributed by atoms with Gasteiger partial charge in [-0.1, -0.05) is 11.6 Å². The molecule has 29 heavy (non-hydrogen) atoms. The molecule has 0 aliphatic heterocycles. The van der Waals surface area contributed by atoms with Crippen LogP contribution in [0.2, 0.25) is 5.02 Å². The van der Waals surface area contributed by atoms with Gasteiger partial charge in [0.2, 0.25) is 0 Å². The number of pyridine rings is 1. The van der Waals surface area contributed by atoms with Crippen LogP contribution in [0.1, 0.15) is 10.4 Å². The first-order valence-corrected chi connectivity index (χ1v) is 8.58. The van der Waals surface area contributed by atoms with Crippen LogP contribution in [0.5, 0.6) is 5.75 Å². The Morgan fingerprint density at radius 1 is 1.17 bits per heavy atom. The van der Waals surface area contributed by atoms with Crippen LogP contribution in [0.3, 0.4) is 0 Å². The molecule has 10 heteroatoms. The van der Waals surface area contributed by atoms with Crippen molar-refractivity contribution in [1.29, 1.82) is 0 Å². The number of benzene rings is 2. The Morgan fingerprint density at radius 3 is 2.59 bits per heavy atom. The number of anilines is 1. The molecule has 4 rings (SSSR count). The second-order valence-electron chi connectivity index (χ2n) is 6.05. The van der Waals surface area contributed by atoms with Gasteiger partial charge in [-0.3, -0.25) is 9.59 Å². The molecule has 7 nitrogen and oxygen atoms in total. The Bertz CT molecular complexity index is 1320. The number of nitrogens with zero attached hydrogens (tertiary/aromatic N) is 2. The molecule has 146 valence electrons. The number of aromatic hydroxyl groups is 1. The molecule has 0 fully saturated rings. The van der Waals surface area contributed by atoms with E-state index in [1.54, 1.807) is 24.3 Å². The van der Waals surface area contributed by atoms with Crippen LogP contribution >= 0.6 is 11.6 Å². The van der Waals surface area contributed by atoms with Crippen LogP contribution in [-0.4, -0.2) is 25.8 Å². The van der Waals surface area contributed by atoms with Crippen LogP contribution in [0.25, 0.3) is 16.7 Å². The standard InChI is InChI=1S/C19H11ClF2N4O3/c20-9-1-4-11(5-2-9)26-17-12(8-23-26)16(27)15(19(29)25-17)18(28)24-14-6-3-10(21)7-13(14)22/h1-8H,(H,24,28)(H2,25,27,29). The van der Waals surface area contributed by atoms with Crippen molar-refractivity contribution in [2.45, 2.75) is 0 Å². The van der Waals surface area contributed by atoms with Gasteiger partial charge in [-0.25, -0.2) is 13.5 Å². The minimum absolute atomic E-state index is 0.101. The Kier molecular flexibility index (Phi) is 4.51. The predicted octanol–water partition coefficient (Wildman–Crippen LogP) is 3.60. The Hall–Kier alpha value is -3.72. The van der Waals surface area contributed by atoms with Crippen molar-refractivity contribution < 1.29 is 18.7 Å². The number of H-pyrrole nitrogens is 1. The van der Waals surface area contributed by atoms with E-state index in [0.29, 0.717) is 16.8 Å². The first-order chi connectivity index (χ1) is 13.8. The fourth-order valence-electron chi connectivity index (χ4n) is 2.82. The summed E-state index contributed by atoms with van der Waals surface area (Å²) in [4.78, 5) is 27.4. The third-order valence-electron chi connectivity index (χ3n) is 4.20. The van der Waals surface area contributed by atoms with Crippen molar-refractivity contribution in [3.63, 3.8) is 0 Å². The van der Waals surface area contributed by atoms with E-state index < -0.39 is 34.4 Å². The first kappa shape index (κ1) is 18.6. The van der Waals surface area contributed by atoms with Crippen molar-refractivity contribution in [3.8, 4) is 11.4 Å². The minimum Gasteiger partial charge on any atom is -0.506 e. The van der Waals surface area contributed by atoms with Crippen LogP contribution in [0, 0.1) is 11.6 Å². The summed E-state index contributed by atoms with van der Waals surface area (Å²) in [6.45, 7) is 0. The monoisotopic (exact) mass is 416 g/mol. The van der Waals surface area contributed by atoms with E-state index in [9.17, 15) is 23.5 Å². The van der Waals surface area contributed by atoms with Gasteiger partial charge in [0.05, 0.1) is 23.0 Å². The zero-order valence-electron chi connectivity index (χ0n) is 14.4. The van der Waals surface area contributed by atoms with Gasteiger partial charge in [0.15, 0.2) is 0 Å². The number of hydrogen-bond acceptors (Lipinski definition) is 4. The maximum Gasteiger partial charge on any atom is 0.266 e. The van der Waals surface area contributed by atoms with Crippen molar-refractivity contribution in [3.05, 3.63) is 81.2 Å². The van der Waals surface area contributed by atoms with Crippen molar-refractivity contribution in [1.82, 2.24) is 14.8 Å². The molecule has 0 radical (unpaired) electrons. The Morgan fingerprint density at radius 2 is 1.90 bits per heavy atom. The molecule has 3 N–H and O–H groups in total. The van der Waals surface area contributed by atoms with E-state index >= 15 is 0 Å². The zero-order valence-corrected chi connectivity index (χ0v) is 15.2. The number of aromatic nitrogens is 3. The molecule has 0 aliphatic carbocycles. The molecule has 0 saturated carbocycles. The van der Waals surface area contributed by atoms with E-state index in [1.165, 1.54) is 10.9 Å². The van der Waals surface area contributed by atoms with Crippen molar-refractivity contribution in [2.24, 2.45) is 0 Å². The Labute approximate surface area is 166 Å². The lowest BCUT2D eigenvalue weighted by Gasteiger charge is -2.09. The van der Waals surface area contributed by atoms with Crippen LogP contribution in [-0.2, 0) is 0 Å². The number of hydrogen-bond donors (Lipinski definition) is 3. The second kappa shape index (κ2) is 7.02. The second-order valence-corrected chi connectivity index (χ2v) is 6.49. The number of halogens is 3. The highest BCUT2D eigenvalue weighted by Crippen LogP contribution is 2.27. The van der Waals surface area contributed by atoms with Gasteiger partial charge >= 0.3 is 0 Å². The Balaban J connectivity index is 1.77. The molecule has 0 unspecified atom stereocenters. The van der Waals surface area contributed by atoms with Crippen LogP contribution < -0.4 is 10.9 Å². The highest BCUT2D eigenvalue weighted by molar-refractivity contribution is 6.30. The van der Waals surface area contributed by atoms with Gasteiger partial charge in [-0.15, -0.1) is 0 Å². The number of amides is 1. The third-order valence-corrected chi connectivity index (χ3v) is 4.45. The summed E-state index contributed by atoms with van der Waals surface area (Å²) >= 11 is 5.86. The highest BCUT2D eigenvalue weighted by Gasteiger charge is 2.22. The summed E-state index contributed by atoms with van der Waals surface area (Å²) in [5, 5.41) is 17.4. The number of carbonyl (C=O) groups excluding carboxylic acids is 1. The molecule has 0 spiro atoms. The number of carbonyl (C=O) groups is 1. The molecule has 0 atom stereocenters. The fraction of sp³-hybridized carbons (Fsp3) is 0. The summed E-state index contributed by atoms with van der Waals surface area (Å²) in [7, 11) is 0. The maximum atomic E-state index is 13.8. The molecule has 2 aromatic heterocycles. The van der Waals surface area contributed by atoms with E-state index in [-0.39, 0.29) is 16.7 Å². The first-order valence-electron chi connectivity index (χ1n) is 8.20. The average Bonchev–Trinajstić information content (AvgIpc) is 3.08. The number of rotatable bonds is 3. The van der Waals surface area contributed by atoms with Crippen LogP contribution in [0.15, 0.2) is 53.5 Å². The maximum absolute atomic E-state index is 13.8. The molecule has 0 bridgehead atoms. The van der Waals surface area contributed by atoms with Gasteiger partial charge < -0.3 is 15.4 Å². The van der Waals surface area contributed by atoms with Crippen molar-refractivity contribution in [2.75, 3.05) is 5.32 Å². The summed E-state index contributed by atoms with van der Waals surface area (Å²) in [6, 6.07) is 9.10. The quantitative estimate of drug-likeness (QED) is 0.475. The molecule has 4 aromatic rings. The lowest BCUT2D eigenvalue weighted by atomic mass is 10.2. The molecule has 0 saturated heterocycles. The average molecular weight is 417 g/mol. The molecular weight excluding hydrogens is 406 g/mol. The lowest BCUT2D eigenvalue weighted by molar-refractivity contribution is 0.102. The summed E-state index contributed by atoms with van der Waals surface area (Å²) in [6.07, 6.45) is 1.27.